The van der Waals surface area contributed by atoms with Crippen LogP contribution in [0.3, 0.4) is 0 Å². The van der Waals surface area contributed by atoms with E-state index < -0.39 is 21.3 Å². The van der Waals surface area contributed by atoms with E-state index in [1.54, 1.807) is 6.92 Å². The van der Waals surface area contributed by atoms with Crippen LogP contribution in [0.25, 0.3) is 11.0 Å². The number of fused-ring (bicyclic) bond motifs is 1. The molecule has 1 heterocycles. The first-order valence-corrected chi connectivity index (χ1v) is 7.99. The van der Waals surface area contributed by atoms with Crippen molar-refractivity contribution in [3.05, 3.63) is 45.3 Å². The van der Waals surface area contributed by atoms with E-state index in [2.05, 4.69) is 0 Å². The number of halogens is 2. The third-order valence-corrected chi connectivity index (χ3v) is 5.69. The topological polar surface area (TPSA) is 56.5 Å². The van der Waals surface area contributed by atoms with E-state index in [4.69, 9.17) is 32.4 Å². The Labute approximate surface area is 143 Å². The predicted molar refractivity (Wildman–Crippen MR) is 88.9 cm³/mol. The highest BCUT2D eigenvalue weighted by Crippen LogP contribution is 2.64. The van der Waals surface area contributed by atoms with Gasteiger partial charge in [0.15, 0.2) is 0 Å². The van der Waals surface area contributed by atoms with Crippen LogP contribution in [-0.4, -0.2) is 10.3 Å². The molecule has 0 amide bonds. The van der Waals surface area contributed by atoms with Gasteiger partial charge in [-0.1, -0.05) is 12.1 Å². The lowest BCUT2D eigenvalue weighted by Gasteiger charge is -2.13. The Hall–Kier alpha value is -1.52. The normalized spacial score (nSPS) is 22.1. The number of esters is 1. The largest absolute Gasteiger partial charge is 0.460 e. The van der Waals surface area contributed by atoms with Crippen molar-refractivity contribution in [3.63, 3.8) is 0 Å². The molecule has 2 aromatic rings. The van der Waals surface area contributed by atoms with Gasteiger partial charge in [-0.05, 0) is 31.9 Å². The lowest BCUT2D eigenvalue weighted by Crippen LogP contribution is -2.21. The number of hydrogen-bond donors (Lipinski definition) is 0. The van der Waals surface area contributed by atoms with Gasteiger partial charge in [0.25, 0.3) is 0 Å². The minimum Gasteiger partial charge on any atom is -0.460 e. The Morgan fingerprint density at radius 2 is 2.00 bits per heavy atom. The van der Waals surface area contributed by atoms with Crippen LogP contribution in [0.4, 0.5) is 0 Å². The molecule has 1 aromatic carbocycles. The van der Waals surface area contributed by atoms with Crippen LogP contribution < -0.4 is 5.63 Å². The predicted octanol–water partition coefficient (Wildman–Crippen LogP) is 4.04. The smallest absolute Gasteiger partial charge is 0.336 e. The first-order valence-electron chi connectivity index (χ1n) is 7.24. The summed E-state index contributed by atoms with van der Waals surface area (Å²) in [6.45, 7) is 5.47. The summed E-state index contributed by atoms with van der Waals surface area (Å²) in [6.07, 6.45) is 0.359. The Morgan fingerprint density at radius 3 is 2.61 bits per heavy atom. The minimum atomic E-state index is -1.07. The molecule has 0 aliphatic heterocycles. The van der Waals surface area contributed by atoms with Crippen LogP contribution in [-0.2, 0) is 16.1 Å². The summed E-state index contributed by atoms with van der Waals surface area (Å²) in [5, 5.41) is 0.754. The standard InChI is InChI=1S/C17H16Cl2O4/c1-9-4-5-12-11(6-13(20)23-14(12)10(9)2)7-22-15(21)16(3)8-17(16,18)19/h4-6H,7-8H2,1-3H3/t16-/m1/s1. The van der Waals surface area contributed by atoms with Gasteiger partial charge in [0.1, 0.15) is 21.9 Å². The Morgan fingerprint density at radius 1 is 1.35 bits per heavy atom. The number of carbonyl (C=O) groups excluding carboxylic acids is 1. The van der Waals surface area contributed by atoms with Crippen molar-refractivity contribution in [1.82, 2.24) is 0 Å². The van der Waals surface area contributed by atoms with Gasteiger partial charge in [0.2, 0.25) is 0 Å². The number of alkyl halides is 2. The number of rotatable bonds is 3. The first kappa shape index (κ1) is 16.3. The van der Waals surface area contributed by atoms with Crippen LogP contribution in [0.2, 0.25) is 0 Å². The molecule has 0 bridgehead atoms. The first-order chi connectivity index (χ1) is 10.7. The van der Waals surface area contributed by atoms with Gasteiger partial charge in [-0.25, -0.2) is 4.79 Å². The van der Waals surface area contributed by atoms with Crippen LogP contribution in [0.5, 0.6) is 0 Å². The second-order valence-electron chi connectivity index (χ2n) is 6.26. The van der Waals surface area contributed by atoms with Crippen molar-refractivity contribution >= 4 is 40.1 Å². The molecule has 1 aliphatic rings. The number of ether oxygens (including phenoxy) is 1. The van der Waals surface area contributed by atoms with Crippen LogP contribution >= 0.6 is 23.2 Å². The zero-order chi connectivity index (χ0) is 17.0. The van der Waals surface area contributed by atoms with E-state index in [1.165, 1.54) is 6.07 Å². The van der Waals surface area contributed by atoms with Crippen LogP contribution in [0.1, 0.15) is 30.0 Å². The summed E-state index contributed by atoms with van der Waals surface area (Å²) in [7, 11) is 0. The fraction of sp³-hybridized carbons (Fsp3) is 0.412. The molecule has 1 aromatic heterocycles. The molecule has 0 unspecified atom stereocenters. The molecular formula is C17H16Cl2O4. The third kappa shape index (κ3) is 2.64. The molecule has 122 valence electrons. The summed E-state index contributed by atoms with van der Waals surface area (Å²) in [4.78, 5) is 23.9. The van der Waals surface area contributed by atoms with E-state index in [0.29, 0.717) is 17.6 Å². The van der Waals surface area contributed by atoms with Crippen molar-refractivity contribution in [2.24, 2.45) is 5.41 Å². The Balaban J connectivity index is 1.91. The molecule has 6 heteroatoms. The van der Waals surface area contributed by atoms with E-state index >= 15 is 0 Å². The van der Waals surface area contributed by atoms with E-state index in [1.807, 2.05) is 26.0 Å². The molecule has 23 heavy (non-hydrogen) atoms. The van der Waals surface area contributed by atoms with Crippen molar-refractivity contribution in [1.29, 1.82) is 0 Å². The molecule has 0 radical (unpaired) electrons. The number of hydrogen-bond acceptors (Lipinski definition) is 4. The maximum atomic E-state index is 12.2. The highest BCUT2D eigenvalue weighted by Gasteiger charge is 2.69. The van der Waals surface area contributed by atoms with Gasteiger partial charge in [-0.3, -0.25) is 4.79 Å². The monoisotopic (exact) mass is 354 g/mol. The van der Waals surface area contributed by atoms with Gasteiger partial charge in [0, 0.05) is 23.4 Å². The lowest BCUT2D eigenvalue weighted by atomic mass is 10.0. The highest BCUT2D eigenvalue weighted by atomic mass is 35.5. The summed E-state index contributed by atoms with van der Waals surface area (Å²) < 4.78 is 9.56. The zero-order valence-corrected chi connectivity index (χ0v) is 14.5. The second kappa shape index (κ2) is 5.25. The van der Waals surface area contributed by atoms with Crippen molar-refractivity contribution < 1.29 is 13.9 Å². The molecule has 4 nitrogen and oxygen atoms in total. The fourth-order valence-corrected chi connectivity index (χ4v) is 3.26. The molecule has 0 saturated heterocycles. The maximum Gasteiger partial charge on any atom is 0.336 e. The van der Waals surface area contributed by atoms with Gasteiger partial charge in [-0.2, -0.15) is 0 Å². The maximum absolute atomic E-state index is 12.2. The number of aryl methyl sites for hydroxylation is 2. The SMILES string of the molecule is Cc1ccc2c(COC(=O)[C@@]3(C)CC3(Cl)Cl)cc(=O)oc2c1C. The molecule has 0 N–H and O–H groups in total. The van der Waals surface area contributed by atoms with Gasteiger partial charge in [0.05, 0.1) is 0 Å². The minimum absolute atomic E-state index is 0.0249. The second-order valence-corrected chi connectivity index (χ2v) is 7.75. The third-order valence-electron chi connectivity index (χ3n) is 4.58. The summed E-state index contributed by atoms with van der Waals surface area (Å²) in [6, 6.07) is 5.14. The van der Waals surface area contributed by atoms with Crippen molar-refractivity contribution in [2.45, 2.75) is 38.1 Å². The zero-order valence-electron chi connectivity index (χ0n) is 13.0. The van der Waals surface area contributed by atoms with Gasteiger partial charge >= 0.3 is 11.6 Å². The molecule has 1 saturated carbocycles. The number of benzene rings is 1. The van der Waals surface area contributed by atoms with Crippen LogP contribution in [0.15, 0.2) is 27.4 Å². The average molecular weight is 355 g/mol. The van der Waals surface area contributed by atoms with E-state index in [-0.39, 0.29) is 6.61 Å². The molecule has 3 rings (SSSR count). The molecule has 1 aliphatic carbocycles. The fourth-order valence-electron chi connectivity index (χ4n) is 2.57. The number of carbonyl (C=O) groups is 1. The van der Waals surface area contributed by atoms with E-state index in [0.717, 1.165) is 16.5 Å². The quantitative estimate of drug-likeness (QED) is 0.474. The molecule has 1 fully saturated rings. The van der Waals surface area contributed by atoms with Crippen molar-refractivity contribution in [3.8, 4) is 0 Å². The lowest BCUT2D eigenvalue weighted by molar-refractivity contribution is -0.150. The van der Waals surface area contributed by atoms with E-state index in [9.17, 15) is 9.59 Å². The average Bonchev–Trinajstić information content (AvgIpc) is 3.00. The Kier molecular flexibility index (Phi) is 3.73. The molecule has 1 atom stereocenters. The molecule has 0 spiro atoms. The summed E-state index contributed by atoms with van der Waals surface area (Å²) >= 11 is 12.0. The molecular weight excluding hydrogens is 339 g/mol. The van der Waals surface area contributed by atoms with Gasteiger partial charge in [-0.15, -0.1) is 23.2 Å². The summed E-state index contributed by atoms with van der Waals surface area (Å²) in [5.74, 6) is -0.465. The highest BCUT2D eigenvalue weighted by molar-refractivity contribution is 6.53. The van der Waals surface area contributed by atoms with Crippen molar-refractivity contribution in [2.75, 3.05) is 0 Å². The van der Waals surface area contributed by atoms with Crippen LogP contribution in [0, 0.1) is 19.3 Å². The Bertz CT molecular complexity index is 869. The summed E-state index contributed by atoms with van der Waals surface area (Å²) in [5.41, 5.74) is 1.67. The van der Waals surface area contributed by atoms with Gasteiger partial charge < -0.3 is 9.15 Å².